The molecule has 0 saturated heterocycles. The number of hydrogen-bond acceptors (Lipinski definition) is 5. The molecule has 3 aromatic rings. The fourth-order valence-corrected chi connectivity index (χ4v) is 4.43. The first-order valence-electron chi connectivity index (χ1n) is 9.95. The molecular formula is C23H26ClN3O4S. The number of rotatable bonds is 9. The van der Waals surface area contributed by atoms with Gasteiger partial charge in [0.2, 0.25) is 10.0 Å². The molecule has 0 aliphatic rings. The lowest BCUT2D eigenvalue weighted by molar-refractivity contribution is 0.326. The van der Waals surface area contributed by atoms with Crippen molar-refractivity contribution < 1.29 is 17.9 Å². The topological polar surface area (TPSA) is 73.7 Å². The molecular weight excluding hydrogens is 450 g/mol. The Morgan fingerprint density at radius 3 is 2.59 bits per heavy atom. The molecule has 0 fully saturated rings. The largest absolute Gasteiger partial charge is 0.493 e. The second-order valence-electron chi connectivity index (χ2n) is 7.12. The molecule has 32 heavy (non-hydrogen) atoms. The summed E-state index contributed by atoms with van der Waals surface area (Å²) in [5.41, 5.74) is 2.17. The lowest BCUT2D eigenvalue weighted by Crippen LogP contribution is -2.22. The third kappa shape index (κ3) is 4.67. The summed E-state index contributed by atoms with van der Waals surface area (Å²) in [6, 6.07) is 10.4. The summed E-state index contributed by atoms with van der Waals surface area (Å²) in [7, 11) is 1.00. The van der Waals surface area contributed by atoms with Crippen molar-refractivity contribution >= 4 is 43.8 Å². The van der Waals surface area contributed by atoms with Gasteiger partial charge in [-0.2, -0.15) is 0 Å². The Bertz CT molecular complexity index is 1280. The van der Waals surface area contributed by atoms with Crippen LogP contribution in [0.15, 0.2) is 53.9 Å². The Morgan fingerprint density at radius 1 is 1.22 bits per heavy atom. The lowest BCUT2D eigenvalue weighted by Gasteiger charge is -2.11. The van der Waals surface area contributed by atoms with E-state index in [0.29, 0.717) is 41.0 Å². The maximum atomic E-state index is 12.5. The lowest BCUT2D eigenvalue weighted by atomic mass is 10.2. The first-order valence-corrected chi connectivity index (χ1v) is 11.8. The first-order chi connectivity index (χ1) is 15.2. The Labute approximate surface area is 193 Å². The zero-order valence-corrected chi connectivity index (χ0v) is 20.1. The number of imidazole rings is 1. The zero-order valence-electron chi connectivity index (χ0n) is 18.5. The van der Waals surface area contributed by atoms with Crippen LogP contribution in [0.25, 0.3) is 22.1 Å². The monoisotopic (exact) mass is 475 g/mol. The van der Waals surface area contributed by atoms with Crippen molar-refractivity contribution in [3.8, 4) is 11.5 Å². The van der Waals surface area contributed by atoms with Crippen LogP contribution < -0.4 is 9.47 Å². The molecule has 1 heterocycles. The van der Waals surface area contributed by atoms with Gasteiger partial charge in [-0.05, 0) is 48.9 Å². The van der Waals surface area contributed by atoms with E-state index >= 15 is 0 Å². The number of aromatic nitrogens is 2. The van der Waals surface area contributed by atoms with Gasteiger partial charge >= 0.3 is 0 Å². The highest BCUT2D eigenvalue weighted by atomic mass is 35.5. The molecule has 0 saturated carbocycles. The number of benzene rings is 2. The predicted octanol–water partition coefficient (Wildman–Crippen LogP) is 4.62. The van der Waals surface area contributed by atoms with E-state index in [1.54, 1.807) is 43.5 Å². The van der Waals surface area contributed by atoms with Gasteiger partial charge in [0.25, 0.3) is 0 Å². The van der Waals surface area contributed by atoms with Crippen LogP contribution in [0.4, 0.5) is 0 Å². The van der Waals surface area contributed by atoms with Crippen molar-refractivity contribution in [2.45, 2.75) is 18.4 Å². The van der Waals surface area contributed by atoms with Crippen LogP contribution in [-0.4, -0.2) is 50.1 Å². The number of sulfonamides is 1. The van der Waals surface area contributed by atoms with Crippen LogP contribution in [0.3, 0.4) is 0 Å². The van der Waals surface area contributed by atoms with Gasteiger partial charge in [0, 0.05) is 20.6 Å². The van der Waals surface area contributed by atoms with Crippen molar-refractivity contribution in [2.24, 2.45) is 0 Å². The smallest absolute Gasteiger partial charge is 0.242 e. The summed E-state index contributed by atoms with van der Waals surface area (Å²) in [5, 5.41) is 0.418. The average molecular weight is 476 g/mol. The molecule has 9 heteroatoms. The molecule has 2 aromatic carbocycles. The van der Waals surface area contributed by atoms with E-state index in [1.165, 1.54) is 18.4 Å². The number of nitrogens with zero attached hydrogens (tertiary/aromatic N) is 3. The van der Waals surface area contributed by atoms with Gasteiger partial charge in [-0.25, -0.2) is 17.7 Å². The normalized spacial score (nSPS) is 12.4. The Kier molecular flexibility index (Phi) is 7.28. The number of hydrogen-bond donors (Lipinski definition) is 0. The summed E-state index contributed by atoms with van der Waals surface area (Å²) in [6.45, 7) is 6.62. The maximum Gasteiger partial charge on any atom is 0.242 e. The summed E-state index contributed by atoms with van der Waals surface area (Å²) >= 11 is 6.66. The van der Waals surface area contributed by atoms with Gasteiger partial charge in [0.05, 0.1) is 28.1 Å². The van der Waals surface area contributed by atoms with Gasteiger partial charge in [0.15, 0.2) is 17.3 Å². The number of fused-ring (bicyclic) bond motifs is 1. The minimum absolute atomic E-state index is 0.183. The average Bonchev–Trinajstić information content (AvgIpc) is 3.16. The van der Waals surface area contributed by atoms with E-state index in [-0.39, 0.29) is 4.90 Å². The number of ether oxygens (including phenoxy) is 2. The van der Waals surface area contributed by atoms with Gasteiger partial charge < -0.3 is 14.0 Å². The fraction of sp³-hybridized carbons (Fsp3) is 0.261. The van der Waals surface area contributed by atoms with Gasteiger partial charge in [-0.1, -0.05) is 30.3 Å². The minimum Gasteiger partial charge on any atom is -0.493 e. The molecule has 7 nitrogen and oxygen atoms in total. The van der Waals surface area contributed by atoms with Crippen molar-refractivity contribution in [3.05, 3.63) is 60.4 Å². The summed E-state index contributed by atoms with van der Waals surface area (Å²) < 4.78 is 39.1. The second kappa shape index (κ2) is 9.77. The Hall–Kier alpha value is -2.81. The molecule has 0 amide bonds. The standard InChI is InChI=1S/C23H26ClN3O4S/c1-6-12-31-21-11-8-16(14-22(21)30-5)13-18(24)23-25-19-15-17(32(28,29)26(3)4)9-10-20(19)27(23)7-2/h6,8-11,13-15H,1,7,12H2,2-5H3/b18-13-. The number of aryl methyl sites for hydroxylation is 1. The third-order valence-corrected chi connectivity index (χ3v) is 6.96. The molecule has 0 radical (unpaired) electrons. The summed E-state index contributed by atoms with van der Waals surface area (Å²) in [6.07, 6.45) is 3.45. The van der Waals surface area contributed by atoms with E-state index in [4.69, 9.17) is 21.1 Å². The van der Waals surface area contributed by atoms with E-state index in [0.717, 1.165) is 11.1 Å². The molecule has 0 atom stereocenters. The van der Waals surface area contributed by atoms with Crippen molar-refractivity contribution in [1.82, 2.24) is 13.9 Å². The van der Waals surface area contributed by atoms with Crippen molar-refractivity contribution in [3.63, 3.8) is 0 Å². The Morgan fingerprint density at radius 2 is 1.97 bits per heavy atom. The fourth-order valence-electron chi connectivity index (χ4n) is 3.24. The van der Waals surface area contributed by atoms with Crippen LogP contribution in [0.5, 0.6) is 11.5 Å². The molecule has 0 N–H and O–H groups in total. The third-order valence-electron chi connectivity index (χ3n) is 4.87. The highest BCUT2D eigenvalue weighted by Gasteiger charge is 2.20. The molecule has 0 spiro atoms. The highest BCUT2D eigenvalue weighted by Crippen LogP contribution is 2.32. The molecule has 0 bridgehead atoms. The van der Waals surface area contributed by atoms with Crippen LogP contribution in [0.1, 0.15) is 18.3 Å². The molecule has 0 aliphatic heterocycles. The highest BCUT2D eigenvalue weighted by molar-refractivity contribution is 7.89. The maximum absolute atomic E-state index is 12.5. The molecule has 0 aliphatic carbocycles. The van der Waals surface area contributed by atoms with Crippen LogP contribution in [-0.2, 0) is 16.6 Å². The van der Waals surface area contributed by atoms with Gasteiger partial charge in [-0.15, -0.1) is 0 Å². The quantitative estimate of drug-likeness (QED) is 0.422. The van der Waals surface area contributed by atoms with Crippen LogP contribution >= 0.6 is 11.6 Å². The Balaban J connectivity index is 2.04. The summed E-state index contributed by atoms with van der Waals surface area (Å²) in [5.74, 6) is 1.73. The molecule has 3 rings (SSSR count). The van der Waals surface area contributed by atoms with Crippen LogP contribution in [0.2, 0.25) is 0 Å². The summed E-state index contributed by atoms with van der Waals surface area (Å²) in [4.78, 5) is 4.81. The van der Waals surface area contributed by atoms with Crippen LogP contribution in [0, 0.1) is 0 Å². The molecule has 1 aromatic heterocycles. The SMILES string of the molecule is C=CCOc1ccc(/C=C(\Cl)c2nc3cc(S(=O)(=O)N(C)C)ccc3n2CC)cc1OC. The van der Waals surface area contributed by atoms with E-state index in [2.05, 4.69) is 11.6 Å². The van der Waals surface area contributed by atoms with Crippen molar-refractivity contribution in [2.75, 3.05) is 27.8 Å². The first kappa shape index (κ1) is 23.8. The van der Waals surface area contributed by atoms with Crippen molar-refractivity contribution in [1.29, 1.82) is 0 Å². The van der Waals surface area contributed by atoms with Gasteiger partial charge in [0.1, 0.15) is 6.61 Å². The van der Waals surface area contributed by atoms with E-state index in [1.807, 2.05) is 23.6 Å². The molecule has 0 unspecified atom stereocenters. The van der Waals surface area contributed by atoms with Gasteiger partial charge in [-0.3, -0.25) is 0 Å². The molecule has 170 valence electrons. The second-order valence-corrected chi connectivity index (χ2v) is 9.68. The zero-order chi connectivity index (χ0) is 23.5. The number of methoxy groups -OCH3 is 1. The van der Waals surface area contributed by atoms with E-state index in [9.17, 15) is 8.42 Å². The number of halogens is 1. The minimum atomic E-state index is -3.56. The van der Waals surface area contributed by atoms with E-state index < -0.39 is 10.0 Å². The predicted molar refractivity (Wildman–Crippen MR) is 129 cm³/mol.